The predicted octanol–water partition coefficient (Wildman–Crippen LogP) is 4.40. The van der Waals surface area contributed by atoms with Gasteiger partial charge in [0.2, 0.25) is 17.7 Å². The number of nitrogens with zero attached hydrogens (tertiary/aromatic N) is 2. The number of amides is 3. The van der Waals surface area contributed by atoms with Crippen molar-refractivity contribution in [1.29, 1.82) is 0 Å². The zero-order valence-corrected chi connectivity index (χ0v) is 20.4. The van der Waals surface area contributed by atoms with E-state index < -0.39 is 11.9 Å². The summed E-state index contributed by atoms with van der Waals surface area (Å²) in [7, 11) is 0. The van der Waals surface area contributed by atoms with Crippen molar-refractivity contribution in [2.75, 3.05) is 16.3 Å². The van der Waals surface area contributed by atoms with E-state index >= 15 is 0 Å². The van der Waals surface area contributed by atoms with Crippen LogP contribution in [0.3, 0.4) is 0 Å². The van der Waals surface area contributed by atoms with E-state index in [0.29, 0.717) is 17.0 Å². The van der Waals surface area contributed by atoms with Gasteiger partial charge in [-0.05, 0) is 67.8 Å². The number of rotatable bonds is 4. The maximum atomic E-state index is 12.9. The molecule has 2 aromatic rings. The van der Waals surface area contributed by atoms with Gasteiger partial charge in [-0.1, -0.05) is 28.8 Å². The number of ether oxygens (including phenoxy) is 1. The quantitative estimate of drug-likeness (QED) is 0.336. The van der Waals surface area contributed by atoms with Crippen LogP contribution < -0.4 is 14.5 Å². The summed E-state index contributed by atoms with van der Waals surface area (Å²) in [5, 5.41) is 0. The maximum absolute atomic E-state index is 12.9. The van der Waals surface area contributed by atoms with Gasteiger partial charge in [0.25, 0.3) is 0 Å². The summed E-state index contributed by atoms with van der Waals surface area (Å²) >= 11 is 3.38. The third-order valence-corrected chi connectivity index (χ3v) is 7.59. The molecule has 34 heavy (non-hydrogen) atoms. The van der Waals surface area contributed by atoms with Crippen LogP contribution in [0.4, 0.5) is 11.4 Å². The van der Waals surface area contributed by atoms with Crippen molar-refractivity contribution in [1.82, 2.24) is 0 Å². The van der Waals surface area contributed by atoms with Gasteiger partial charge in [-0.3, -0.25) is 19.2 Å². The molecule has 2 aliphatic heterocycles. The number of imide groups is 1. The standard InChI is InChI=1S/C26H25BrN2O5/c1-15-12-19(10-11-22(15)29-24(31)20-4-2-3-5-21(20)25(29)32)34-26(33)16-13-23(30)28(14-16)18-8-6-17(27)7-9-18/h6-12,16,20-21H,2-5,13-14H2,1H3/t16-,20-,21+/m0/s1. The largest absolute Gasteiger partial charge is 0.426 e. The first-order chi connectivity index (χ1) is 16.3. The van der Waals surface area contributed by atoms with Crippen molar-refractivity contribution >= 4 is 51.0 Å². The SMILES string of the molecule is Cc1cc(OC(=O)[C@H]2CC(=O)N(c3ccc(Br)cc3)C2)ccc1N1C(=O)[C@H]2CCCC[C@H]2C1=O. The molecule has 0 unspecified atom stereocenters. The normalized spacial score (nSPS) is 24.5. The molecule has 0 N–H and O–H groups in total. The maximum Gasteiger partial charge on any atom is 0.316 e. The molecule has 3 atom stereocenters. The van der Waals surface area contributed by atoms with Crippen LogP contribution in [0.1, 0.15) is 37.7 Å². The molecule has 5 rings (SSSR count). The van der Waals surface area contributed by atoms with E-state index in [1.54, 1.807) is 30.0 Å². The molecular weight excluding hydrogens is 500 g/mol. The third-order valence-electron chi connectivity index (χ3n) is 7.07. The summed E-state index contributed by atoms with van der Waals surface area (Å²) in [5.41, 5.74) is 1.97. The van der Waals surface area contributed by atoms with Crippen LogP contribution in [0.2, 0.25) is 0 Å². The molecular formula is C26H25BrN2O5. The topological polar surface area (TPSA) is 84.0 Å². The molecule has 3 aliphatic rings. The van der Waals surface area contributed by atoms with Crippen molar-refractivity contribution in [2.24, 2.45) is 17.8 Å². The number of halogens is 1. The van der Waals surface area contributed by atoms with Crippen molar-refractivity contribution in [3.05, 3.63) is 52.5 Å². The monoisotopic (exact) mass is 524 g/mol. The highest BCUT2D eigenvalue weighted by Gasteiger charge is 2.49. The first-order valence-corrected chi connectivity index (χ1v) is 12.4. The smallest absolute Gasteiger partial charge is 0.316 e. The summed E-state index contributed by atoms with van der Waals surface area (Å²) in [4.78, 5) is 54.0. The molecule has 0 aromatic heterocycles. The number of fused-ring (bicyclic) bond motifs is 1. The van der Waals surface area contributed by atoms with Crippen LogP contribution in [0, 0.1) is 24.7 Å². The minimum atomic E-state index is -0.569. The molecule has 3 amide bonds. The summed E-state index contributed by atoms with van der Waals surface area (Å²) in [6.45, 7) is 2.06. The van der Waals surface area contributed by atoms with E-state index in [9.17, 15) is 19.2 Å². The molecule has 0 spiro atoms. The third kappa shape index (κ3) is 4.04. The average Bonchev–Trinajstić information content (AvgIpc) is 3.33. The van der Waals surface area contributed by atoms with Crippen molar-refractivity contribution < 1.29 is 23.9 Å². The lowest BCUT2D eigenvalue weighted by Gasteiger charge is -2.19. The van der Waals surface area contributed by atoms with Gasteiger partial charge in [-0.2, -0.15) is 0 Å². The van der Waals surface area contributed by atoms with Gasteiger partial charge in [0.1, 0.15) is 5.75 Å². The number of aryl methyl sites for hydroxylation is 1. The van der Waals surface area contributed by atoms with E-state index in [2.05, 4.69) is 15.9 Å². The second-order valence-corrected chi connectivity index (χ2v) is 10.2. The van der Waals surface area contributed by atoms with Crippen LogP contribution in [0.25, 0.3) is 0 Å². The van der Waals surface area contributed by atoms with Crippen molar-refractivity contribution in [3.63, 3.8) is 0 Å². The Hall–Kier alpha value is -3.00. The summed E-state index contributed by atoms with van der Waals surface area (Å²) in [5.74, 6) is -1.51. The Morgan fingerprint density at radius 3 is 2.24 bits per heavy atom. The Bertz CT molecular complexity index is 1150. The van der Waals surface area contributed by atoms with E-state index in [1.165, 1.54) is 4.90 Å². The zero-order chi connectivity index (χ0) is 24.0. The Morgan fingerprint density at radius 2 is 1.62 bits per heavy atom. The fraction of sp³-hybridized carbons (Fsp3) is 0.385. The molecule has 2 heterocycles. The highest BCUT2D eigenvalue weighted by molar-refractivity contribution is 9.10. The van der Waals surface area contributed by atoms with Gasteiger partial charge < -0.3 is 9.64 Å². The number of benzene rings is 2. The van der Waals surface area contributed by atoms with Gasteiger partial charge in [-0.25, -0.2) is 4.90 Å². The number of hydrogen-bond donors (Lipinski definition) is 0. The van der Waals surface area contributed by atoms with Crippen LogP contribution in [0.15, 0.2) is 46.9 Å². The second kappa shape index (κ2) is 8.98. The fourth-order valence-corrected chi connectivity index (χ4v) is 5.54. The van der Waals surface area contributed by atoms with E-state index in [4.69, 9.17) is 4.74 Å². The van der Waals surface area contributed by atoms with Crippen molar-refractivity contribution in [3.8, 4) is 5.75 Å². The van der Waals surface area contributed by atoms with E-state index in [-0.39, 0.29) is 42.5 Å². The molecule has 176 valence electrons. The molecule has 8 heteroatoms. The lowest BCUT2D eigenvalue weighted by molar-refractivity contribution is -0.139. The Morgan fingerprint density at radius 1 is 0.971 bits per heavy atom. The minimum absolute atomic E-state index is 0.0888. The first-order valence-electron chi connectivity index (χ1n) is 11.6. The molecule has 1 aliphatic carbocycles. The number of esters is 1. The van der Waals surface area contributed by atoms with Gasteiger partial charge in [-0.15, -0.1) is 0 Å². The van der Waals surface area contributed by atoms with E-state index in [1.807, 2.05) is 24.3 Å². The molecule has 0 bridgehead atoms. The fourth-order valence-electron chi connectivity index (χ4n) is 5.28. The van der Waals surface area contributed by atoms with Gasteiger partial charge in [0, 0.05) is 23.1 Å². The van der Waals surface area contributed by atoms with Gasteiger partial charge in [0.15, 0.2) is 0 Å². The average molecular weight is 525 g/mol. The second-order valence-electron chi connectivity index (χ2n) is 9.26. The minimum Gasteiger partial charge on any atom is -0.426 e. The summed E-state index contributed by atoms with van der Waals surface area (Å²) in [6.07, 6.45) is 3.57. The van der Waals surface area contributed by atoms with Crippen LogP contribution in [-0.4, -0.2) is 30.2 Å². The van der Waals surface area contributed by atoms with Crippen LogP contribution >= 0.6 is 15.9 Å². The lowest BCUT2D eigenvalue weighted by Crippen LogP contribution is -2.31. The lowest BCUT2D eigenvalue weighted by atomic mass is 9.81. The Balaban J connectivity index is 1.28. The van der Waals surface area contributed by atoms with Gasteiger partial charge in [0.05, 0.1) is 23.4 Å². The molecule has 2 aromatic carbocycles. The summed E-state index contributed by atoms with van der Waals surface area (Å²) < 4.78 is 6.49. The molecule has 3 fully saturated rings. The Labute approximate surface area is 206 Å². The number of carbonyl (C=O) groups is 4. The predicted molar refractivity (Wildman–Crippen MR) is 129 cm³/mol. The molecule has 1 saturated carbocycles. The summed E-state index contributed by atoms with van der Waals surface area (Å²) in [6, 6.07) is 12.3. The van der Waals surface area contributed by atoms with E-state index in [0.717, 1.165) is 35.8 Å². The highest BCUT2D eigenvalue weighted by Crippen LogP contribution is 2.41. The number of carbonyl (C=O) groups excluding carboxylic acids is 4. The molecule has 7 nitrogen and oxygen atoms in total. The van der Waals surface area contributed by atoms with Crippen LogP contribution in [-0.2, 0) is 19.2 Å². The van der Waals surface area contributed by atoms with Crippen LogP contribution in [0.5, 0.6) is 5.75 Å². The molecule has 0 radical (unpaired) electrons. The molecule has 2 saturated heterocycles. The first kappa shape index (κ1) is 22.8. The van der Waals surface area contributed by atoms with Crippen molar-refractivity contribution in [2.45, 2.75) is 39.0 Å². The van der Waals surface area contributed by atoms with Gasteiger partial charge >= 0.3 is 5.97 Å². The number of anilines is 2. The number of hydrogen-bond acceptors (Lipinski definition) is 5. The zero-order valence-electron chi connectivity index (χ0n) is 18.8. The Kier molecular flexibility index (Phi) is 6.02. The highest BCUT2D eigenvalue weighted by atomic mass is 79.9.